The number of alkyl halides is 3. The van der Waals surface area contributed by atoms with Gasteiger partial charge in [0.15, 0.2) is 0 Å². The molecule has 1 saturated heterocycles. The van der Waals surface area contributed by atoms with Gasteiger partial charge in [-0.25, -0.2) is 4.98 Å². The monoisotopic (exact) mass is 434 g/mol. The number of pyridine rings is 1. The van der Waals surface area contributed by atoms with Crippen LogP contribution < -0.4 is 10.2 Å². The number of nitro groups is 1. The van der Waals surface area contributed by atoms with Crippen molar-refractivity contribution in [1.82, 2.24) is 9.88 Å². The Hall–Kier alpha value is -3.72. The maximum Gasteiger partial charge on any atom is 0.418 e. The van der Waals surface area contributed by atoms with E-state index in [1.165, 1.54) is 30.3 Å². The van der Waals surface area contributed by atoms with E-state index in [-0.39, 0.29) is 23.6 Å². The van der Waals surface area contributed by atoms with Crippen molar-refractivity contribution in [3.63, 3.8) is 0 Å². The molecule has 1 aromatic heterocycles. The highest BCUT2D eigenvalue weighted by molar-refractivity contribution is 5.93. The molecule has 12 heteroatoms. The van der Waals surface area contributed by atoms with Crippen LogP contribution in [0.15, 0.2) is 36.4 Å². The molecule has 0 spiro atoms. The minimum atomic E-state index is -4.57. The van der Waals surface area contributed by atoms with E-state index in [1.807, 2.05) is 4.90 Å². The van der Waals surface area contributed by atoms with Crippen molar-refractivity contribution >= 4 is 23.1 Å². The van der Waals surface area contributed by atoms with Crippen molar-refractivity contribution in [2.75, 3.05) is 42.9 Å². The van der Waals surface area contributed by atoms with Gasteiger partial charge in [-0.2, -0.15) is 18.4 Å². The number of benzene rings is 1. The van der Waals surface area contributed by atoms with Crippen LogP contribution in [-0.4, -0.2) is 53.4 Å². The Morgan fingerprint density at radius 3 is 2.48 bits per heavy atom. The number of carbonyl (C=O) groups excluding carboxylic acids is 1. The third-order valence-electron chi connectivity index (χ3n) is 4.73. The third kappa shape index (κ3) is 5.26. The number of carbonyl (C=O) groups is 1. The Balaban J connectivity index is 1.58. The minimum absolute atomic E-state index is 0.0861. The SMILES string of the molecule is N#Cc1nc(N2CCN(CC(=O)Nc3ccccc3C(F)(F)F)CC2)ccc1[N+](=O)[O-]. The van der Waals surface area contributed by atoms with Gasteiger partial charge in [0, 0.05) is 32.2 Å². The molecule has 0 saturated carbocycles. The molecule has 2 heterocycles. The molecule has 0 unspecified atom stereocenters. The number of nitriles is 1. The summed E-state index contributed by atoms with van der Waals surface area (Å²) in [5.41, 5.74) is -1.86. The highest BCUT2D eigenvalue weighted by atomic mass is 19.4. The number of nitrogens with one attached hydrogen (secondary N) is 1. The number of piperazine rings is 1. The van der Waals surface area contributed by atoms with Gasteiger partial charge in [0.2, 0.25) is 11.6 Å². The molecule has 0 radical (unpaired) electrons. The second kappa shape index (κ2) is 8.97. The fraction of sp³-hybridized carbons (Fsp3) is 0.316. The van der Waals surface area contributed by atoms with Gasteiger partial charge in [0.05, 0.1) is 22.7 Å². The van der Waals surface area contributed by atoms with E-state index in [2.05, 4.69) is 10.3 Å². The van der Waals surface area contributed by atoms with Gasteiger partial charge >= 0.3 is 11.9 Å². The number of nitrogens with zero attached hydrogens (tertiary/aromatic N) is 5. The second-order valence-electron chi connectivity index (χ2n) is 6.76. The molecule has 1 fully saturated rings. The number of aromatic nitrogens is 1. The van der Waals surface area contributed by atoms with E-state index in [0.29, 0.717) is 32.0 Å². The Morgan fingerprint density at radius 1 is 1.19 bits per heavy atom. The number of halogens is 3. The van der Waals surface area contributed by atoms with Gasteiger partial charge in [-0.15, -0.1) is 0 Å². The standard InChI is InChI=1S/C19H17F3N6O3/c20-19(21,22)13-3-1-2-4-14(13)25-18(29)12-26-7-9-27(10-8-26)17-6-5-16(28(30)31)15(11-23)24-17/h1-6H,7-10,12H2,(H,25,29). The zero-order chi connectivity index (χ0) is 22.6. The maximum absolute atomic E-state index is 13.1. The lowest BCUT2D eigenvalue weighted by atomic mass is 10.1. The summed E-state index contributed by atoms with van der Waals surface area (Å²) < 4.78 is 39.2. The lowest BCUT2D eigenvalue weighted by molar-refractivity contribution is -0.385. The van der Waals surface area contributed by atoms with Crippen LogP contribution in [-0.2, 0) is 11.0 Å². The molecule has 9 nitrogen and oxygen atoms in total. The summed E-state index contributed by atoms with van der Waals surface area (Å²) in [7, 11) is 0. The molecular formula is C19H17F3N6O3. The first-order chi connectivity index (χ1) is 14.7. The van der Waals surface area contributed by atoms with Gasteiger partial charge in [0.1, 0.15) is 11.9 Å². The molecule has 1 aliphatic rings. The normalized spacial score (nSPS) is 14.7. The number of hydrogen-bond donors (Lipinski definition) is 1. The fourth-order valence-electron chi connectivity index (χ4n) is 3.21. The zero-order valence-electron chi connectivity index (χ0n) is 16.1. The van der Waals surface area contributed by atoms with Crippen molar-refractivity contribution < 1.29 is 22.9 Å². The molecule has 2 aromatic rings. The summed E-state index contributed by atoms with van der Waals surface area (Å²) in [5, 5.41) is 22.3. The zero-order valence-corrected chi connectivity index (χ0v) is 16.1. The van der Waals surface area contributed by atoms with Crippen molar-refractivity contribution in [1.29, 1.82) is 5.26 Å². The lowest BCUT2D eigenvalue weighted by Crippen LogP contribution is -2.49. The number of hydrogen-bond acceptors (Lipinski definition) is 7. The van der Waals surface area contributed by atoms with Crippen LogP contribution >= 0.6 is 0 Å². The van der Waals surface area contributed by atoms with E-state index in [1.54, 1.807) is 11.0 Å². The maximum atomic E-state index is 13.1. The molecule has 162 valence electrons. The van der Waals surface area contributed by atoms with Gasteiger partial charge in [0.25, 0.3) is 0 Å². The molecule has 1 aliphatic heterocycles. The Morgan fingerprint density at radius 2 is 1.87 bits per heavy atom. The first kappa shape index (κ1) is 22.0. The predicted octanol–water partition coefficient (Wildman–Crippen LogP) is 2.64. The fourth-order valence-corrected chi connectivity index (χ4v) is 3.21. The molecule has 0 atom stereocenters. The first-order valence-corrected chi connectivity index (χ1v) is 9.18. The average Bonchev–Trinajstić information content (AvgIpc) is 2.73. The highest BCUT2D eigenvalue weighted by Gasteiger charge is 2.33. The van der Waals surface area contributed by atoms with Gasteiger partial charge in [-0.05, 0) is 18.2 Å². The van der Waals surface area contributed by atoms with Crippen molar-refractivity contribution in [2.24, 2.45) is 0 Å². The molecule has 3 rings (SSSR count). The highest BCUT2D eigenvalue weighted by Crippen LogP contribution is 2.34. The topological polar surface area (TPSA) is 115 Å². The van der Waals surface area contributed by atoms with Crippen molar-refractivity contribution in [2.45, 2.75) is 6.18 Å². The van der Waals surface area contributed by atoms with Gasteiger partial charge < -0.3 is 10.2 Å². The first-order valence-electron chi connectivity index (χ1n) is 9.18. The Kier molecular flexibility index (Phi) is 6.36. The predicted molar refractivity (Wildman–Crippen MR) is 104 cm³/mol. The Labute approximate surface area is 174 Å². The van der Waals surface area contributed by atoms with E-state index in [0.717, 1.165) is 6.07 Å². The van der Waals surface area contributed by atoms with Crippen LogP contribution in [0, 0.1) is 21.4 Å². The van der Waals surface area contributed by atoms with Crippen LogP contribution in [0.2, 0.25) is 0 Å². The Bertz CT molecular complexity index is 1030. The quantitative estimate of drug-likeness (QED) is 0.568. The molecule has 0 aliphatic carbocycles. The van der Waals surface area contributed by atoms with Crippen molar-refractivity contribution in [3.05, 3.63) is 57.8 Å². The van der Waals surface area contributed by atoms with Crippen LogP contribution in [0.25, 0.3) is 0 Å². The van der Waals surface area contributed by atoms with Crippen molar-refractivity contribution in [3.8, 4) is 6.07 Å². The van der Waals surface area contributed by atoms with E-state index in [9.17, 15) is 28.1 Å². The lowest BCUT2D eigenvalue weighted by Gasteiger charge is -2.35. The molecule has 1 N–H and O–H groups in total. The molecule has 0 bridgehead atoms. The number of amides is 1. The van der Waals surface area contributed by atoms with Crippen LogP contribution in [0.4, 0.5) is 30.4 Å². The summed E-state index contributed by atoms with van der Waals surface area (Å²) in [4.78, 5) is 30.1. The van der Waals surface area contributed by atoms with E-state index in [4.69, 9.17) is 5.26 Å². The molecule has 1 aromatic carbocycles. The third-order valence-corrected chi connectivity index (χ3v) is 4.73. The summed E-state index contributed by atoms with van der Waals surface area (Å²) in [6, 6.07) is 9.15. The van der Waals surface area contributed by atoms with Gasteiger partial charge in [-0.1, -0.05) is 12.1 Å². The molecular weight excluding hydrogens is 417 g/mol. The van der Waals surface area contributed by atoms with E-state index < -0.39 is 22.6 Å². The minimum Gasteiger partial charge on any atom is -0.354 e. The average molecular weight is 434 g/mol. The molecule has 31 heavy (non-hydrogen) atoms. The van der Waals surface area contributed by atoms with Crippen LogP contribution in [0.3, 0.4) is 0 Å². The van der Waals surface area contributed by atoms with Crippen LogP contribution in [0.1, 0.15) is 11.3 Å². The van der Waals surface area contributed by atoms with Gasteiger partial charge in [-0.3, -0.25) is 19.8 Å². The largest absolute Gasteiger partial charge is 0.418 e. The summed E-state index contributed by atoms with van der Waals surface area (Å²) in [6.07, 6.45) is -4.57. The summed E-state index contributed by atoms with van der Waals surface area (Å²) in [5.74, 6) is -0.157. The van der Waals surface area contributed by atoms with Crippen LogP contribution in [0.5, 0.6) is 0 Å². The summed E-state index contributed by atoms with van der Waals surface area (Å²) >= 11 is 0. The van der Waals surface area contributed by atoms with E-state index >= 15 is 0 Å². The summed E-state index contributed by atoms with van der Waals surface area (Å²) in [6.45, 7) is 1.63. The smallest absolute Gasteiger partial charge is 0.354 e. The number of rotatable bonds is 5. The number of para-hydroxylation sites is 1. The number of anilines is 2. The second-order valence-corrected chi connectivity index (χ2v) is 6.76. The molecule has 1 amide bonds.